The predicted octanol–water partition coefficient (Wildman–Crippen LogP) is 31.1. The maximum Gasteiger partial charge on any atom is 0.160 e. The van der Waals surface area contributed by atoms with Gasteiger partial charge in [0.05, 0.1) is 47.7 Å². The molecule has 0 radical (unpaired) electrons. The molecule has 0 aliphatic rings. The van der Waals surface area contributed by atoms with Gasteiger partial charge in [-0.3, -0.25) is 0 Å². The molecule has 0 bridgehead atoms. The van der Waals surface area contributed by atoms with Gasteiger partial charge in [0, 0.05) is 112 Å². The van der Waals surface area contributed by atoms with Crippen molar-refractivity contribution in [3.8, 4) is 101 Å². The van der Waals surface area contributed by atoms with Crippen LogP contribution in [0.25, 0.3) is 250 Å². The quantitative estimate of drug-likeness (QED) is 0.138. The fourth-order valence-corrected chi connectivity index (χ4v) is 20.6. The van der Waals surface area contributed by atoms with Crippen LogP contribution in [-0.4, -0.2) is 29.9 Å². The number of thiophene rings is 3. The first kappa shape index (κ1) is 69.9. The lowest BCUT2D eigenvalue weighted by Crippen LogP contribution is -1.94. The van der Waals surface area contributed by atoms with E-state index in [1.807, 2.05) is 72.8 Å². The van der Waals surface area contributed by atoms with E-state index in [2.05, 4.69) is 303 Å². The van der Waals surface area contributed by atoms with Crippen molar-refractivity contribution in [2.45, 2.75) is 0 Å². The fourth-order valence-electron chi connectivity index (χ4n) is 17.1. The van der Waals surface area contributed by atoms with Gasteiger partial charge in [0.2, 0.25) is 0 Å². The van der Waals surface area contributed by atoms with Crippen LogP contribution in [0.2, 0.25) is 0 Å². The van der Waals surface area contributed by atoms with Crippen LogP contribution in [-0.2, 0) is 0 Å². The highest BCUT2D eigenvalue weighted by atomic mass is 32.1. The van der Waals surface area contributed by atoms with Gasteiger partial charge in [0.25, 0.3) is 0 Å². The minimum Gasteiger partial charge on any atom is -0.456 e. The molecular weight excluding hydrogens is 1540 g/mol. The molecular formula is C108H62N6O4S3. The molecule has 0 aliphatic carbocycles. The van der Waals surface area contributed by atoms with Crippen LogP contribution >= 0.6 is 34.0 Å². The monoisotopic (exact) mass is 1600 g/mol. The lowest BCUT2D eigenvalue weighted by Gasteiger charge is -2.09. The molecule has 0 unspecified atom stereocenters. The second-order valence-electron chi connectivity index (χ2n) is 30.2. The van der Waals surface area contributed by atoms with Crippen molar-refractivity contribution >= 4 is 183 Å². The number of nitrogens with zero attached hydrogens (tertiary/aromatic N) is 6. The van der Waals surface area contributed by atoms with E-state index in [1.165, 1.54) is 36.4 Å². The SMILES string of the molecule is c1ccc(-c2ccc(-c3nc(-c4ccc5oc6ccccc6c5c4)c4sc5ccccc5c4n3)cc2)cc1.c1ccc(-c2ccc(-c3nc(-c4cccc5oc6ccccc6c45)c4sc5ccccc5c4n3)cc2)cc1.c1ccc2c(c1)oc1cc(-c3nc(-c4ccc(-c5cccc6c5oc5ccccc56)cc4)nc4c3sc3ccccc34)ccc12. The average molecular weight is 1600 g/mol. The summed E-state index contributed by atoms with van der Waals surface area (Å²) in [5.74, 6) is 2.15. The third-order valence-corrected chi connectivity index (χ3v) is 26.5. The number of fused-ring (bicyclic) bond motifs is 21. The summed E-state index contributed by atoms with van der Waals surface area (Å²) >= 11 is 5.23. The van der Waals surface area contributed by atoms with Crippen LogP contribution in [0.3, 0.4) is 0 Å². The molecule has 10 heterocycles. The lowest BCUT2D eigenvalue weighted by molar-refractivity contribution is 0.668. The molecule has 0 saturated heterocycles. The summed E-state index contributed by atoms with van der Waals surface area (Å²) in [4.78, 5) is 31.0. The first-order valence-corrected chi connectivity index (χ1v) is 42.5. The Morgan fingerprint density at radius 3 is 1.05 bits per heavy atom. The second-order valence-corrected chi connectivity index (χ2v) is 33.3. The Morgan fingerprint density at radius 1 is 0.182 bits per heavy atom. The van der Waals surface area contributed by atoms with Gasteiger partial charge >= 0.3 is 0 Å². The Kier molecular flexibility index (Phi) is 16.6. The number of furan rings is 4. The van der Waals surface area contributed by atoms with Crippen molar-refractivity contribution in [1.29, 1.82) is 0 Å². The standard InChI is InChI=1S/C40H22N2O2S.2C34H20N2OS/c1-4-13-32-27(8-1)29-21-20-25(22-34(29)43-32)36-39-37(31-10-3-6-15-35(31)45-39)42-40(41-36)24-18-16-23(17-19-24)26-11-7-12-30-28-9-2-5-14-33(28)44-38(26)30;1-2-9-21(10-3-1)22-17-19-23(20-18-22)34-35-31-25-12-5-7-16-29(25)38-33(31)32(36-34)26-13-8-15-28-30(26)24-11-4-6-14-27(24)37-28;1-2-8-21(9-3-1)22-14-16-23(17-15-22)34-35-31(33-32(36-34)26-11-5-7-13-30(26)38-33)24-18-19-29-27(20-24)25-10-4-6-12-28(25)37-29/h1-22H;2*1-20H. The van der Waals surface area contributed by atoms with Crippen molar-refractivity contribution in [3.63, 3.8) is 0 Å². The van der Waals surface area contributed by atoms with Gasteiger partial charge in [-0.2, -0.15) is 0 Å². The summed E-state index contributed by atoms with van der Waals surface area (Å²) in [5, 5.41) is 12.3. The van der Waals surface area contributed by atoms with Crippen LogP contribution in [0, 0.1) is 0 Å². The van der Waals surface area contributed by atoms with E-state index in [9.17, 15) is 0 Å². The summed E-state index contributed by atoms with van der Waals surface area (Å²) in [6.07, 6.45) is 0. The summed E-state index contributed by atoms with van der Waals surface area (Å²) in [7, 11) is 0. The Labute approximate surface area is 702 Å². The summed E-state index contributed by atoms with van der Waals surface area (Å²) in [5.41, 5.74) is 25.8. The number of hydrogen-bond donors (Lipinski definition) is 0. The summed E-state index contributed by atoms with van der Waals surface area (Å²) < 4.78 is 31.8. The van der Waals surface area contributed by atoms with Crippen molar-refractivity contribution in [2.24, 2.45) is 0 Å². The molecule has 10 nitrogen and oxygen atoms in total. The molecule has 121 heavy (non-hydrogen) atoms. The summed E-state index contributed by atoms with van der Waals surface area (Å²) in [6.45, 7) is 0. The lowest BCUT2D eigenvalue weighted by atomic mass is 10.0. The number of hydrogen-bond acceptors (Lipinski definition) is 13. The van der Waals surface area contributed by atoms with E-state index in [0.717, 1.165) is 208 Å². The average Bonchev–Trinajstić information content (AvgIpc) is 1.61. The first-order valence-electron chi connectivity index (χ1n) is 40.1. The largest absolute Gasteiger partial charge is 0.456 e. The normalized spacial score (nSPS) is 11.8. The highest BCUT2D eigenvalue weighted by Gasteiger charge is 2.25. The molecule has 16 aromatic carbocycles. The maximum atomic E-state index is 6.32. The zero-order valence-electron chi connectivity index (χ0n) is 64.3. The smallest absolute Gasteiger partial charge is 0.160 e. The molecule has 0 fully saturated rings. The number of rotatable bonds is 9. The first-order chi connectivity index (χ1) is 59.9. The molecule has 0 atom stereocenters. The zero-order valence-corrected chi connectivity index (χ0v) is 66.8. The van der Waals surface area contributed by atoms with E-state index < -0.39 is 0 Å². The van der Waals surface area contributed by atoms with Crippen LogP contribution in [0.15, 0.2) is 394 Å². The molecule has 10 aromatic heterocycles. The van der Waals surface area contributed by atoms with Gasteiger partial charge in [-0.15, -0.1) is 34.0 Å². The van der Waals surface area contributed by atoms with Crippen molar-refractivity contribution in [3.05, 3.63) is 376 Å². The number of benzene rings is 16. The van der Waals surface area contributed by atoms with E-state index in [1.54, 1.807) is 34.0 Å². The van der Waals surface area contributed by atoms with Crippen LogP contribution in [0.5, 0.6) is 0 Å². The van der Waals surface area contributed by atoms with Crippen LogP contribution < -0.4 is 0 Å². The summed E-state index contributed by atoms with van der Waals surface area (Å²) in [6, 6.07) is 130. The molecule has 13 heteroatoms. The Hall–Kier alpha value is -15.4. The molecule has 566 valence electrons. The third-order valence-electron chi connectivity index (χ3n) is 23.0. The van der Waals surface area contributed by atoms with Crippen LogP contribution in [0.1, 0.15) is 0 Å². The van der Waals surface area contributed by atoms with Gasteiger partial charge in [0.15, 0.2) is 17.5 Å². The molecule has 0 amide bonds. The molecule has 0 saturated carbocycles. The predicted molar refractivity (Wildman–Crippen MR) is 503 cm³/mol. The number of aromatic nitrogens is 6. The maximum absolute atomic E-state index is 6.32. The zero-order chi connectivity index (χ0) is 79.6. The highest BCUT2D eigenvalue weighted by molar-refractivity contribution is 7.27. The van der Waals surface area contributed by atoms with Crippen molar-refractivity contribution < 1.29 is 17.7 Å². The van der Waals surface area contributed by atoms with Gasteiger partial charge in [0.1, 0.15) is 44.7 Å². The van der Waals surface area contributed by atoms with Crippen molar-refractivity contribution in [2.75, 3.05) is 0 Å². The highest BCUT2D eigenvalue weighted by Crippen LogP contribution is 2.48. The molecule has 0 N–H and O–H groups in total. The van der Waals surface area contributed by atoms with E-state index in [-0.39, 0.29) is 0 Å². The number of para-hydroxylation sites is 5. The van der Waals surface area contributed by atoms with E-state index in [0.29, 0.717) is 5.82 Å². The van der Waals surface area contributed by atoms with Crippen molar-refractivity contribution in [1.82, 2.24) is 29.9 Å². The topological polar surface area (TPSA) is 130 Å². The molecule has 0 aliphatic heterocycles. The van der Waals surface area contributed by atoms with Gasteiger partial charge in [-0.25, -0.2) is 29.9 Å². The molecule has 0 spiro atoms. The Bertz CT molecular complexity index is 8600. The Morgan fingerprint density at radius 2 is 0.512 bits per heavy atom. The van der Waals surface area contributed by atoms with Crippen LogP contribution in [0.4, 0.5) is 0 Å². The fraction of sp³-hybridized carbons (Fsp3) is 0. The minimum absolute atomic E-state index is 0.694. The minimum atomic E-state index is 0.694. The molecule has 26 aromatic rings. The second kappa shape index (κ2) is 28.8. The van der Waals surface area contributed by atoms with E-state index >= 15 is 0 Å². The Balaban J connectivity index is 0.000000103. The third kappa shape index (κ3) is 12.1. The van der Waals surface area contributed by atoms with Gasteiger partial charge in [-0.1, -0.05) is 297 Å². The van der Waals surface area contributed by atoms with Gasteiger partial charge in [-0.05, 0) is 107 Å². The van der Waals surface area contributed by atoms with E-state index in [4.69, 9.17) is 47.6 Å². The van der Waals surface area contributed by atoms with Gasteiger partial charge < -0.3 is 17.7 Å². The molecule has 26 rings (SSSR count).